The van der Waals surface area contributed by atoms with Crippen LogP contribution in [-0.4, -0.2) is 23.9 Å². The number of Topliss-reactive ketones (excluding diaryl/α,β-unsaturated/α-hetero) is 2. The van der Waals surface area contributed by atoms with E-state index in [0.717, 1.165) is 0 Å². The van der Waals surface area contributed by atoms with Crippen LogP contribution >= 0.6 is 0 Å². The van der Waals surface area contributed by atoms with E-state index in [1.54, 1.807) is 0 Å². The maximum atomic E-state index is 11.3. The third-order valence-electron chi connectivity index (χ3n) is 0.953. The molecule has 0 bridgehead atoms. The molecule has 0 fully saturated rings. The molecule has 0 N–H and O–H groups in total. The van der Waals surface area contributed by atoms with Crippen molar-refractivity contribution in [2.24, 2.45) is 0 Å². The molecule has 0 aromatic carbocycles. The average molecular weight is 403 g/mol. The standard InChI is InChI=1S/C5H2F6O2.Pt/c6-4(7,8)2(12)1-3(13)5(9,10)11;/h1H2;. The van der Waals surface area contributed by atoms with Gasteiger partial charge in [-0.2, -0.15) is 26.3 Å². The number of carbonyl (C=O) groups is 2. The summed E-state index contributed by atoms with van der Waals surface area (Å²) in [6.07, 6.45) is -13.0. The van der Waals surface area contributed by atoms with Crippen molar-refractivity contribution in [3.8, 4) is 0 Å². The first-order chi connectivity index (χ1) is 5.55. The molecule has 0 aliphatic rings. The fourth-order valence-corrected chi connectivity index (χ4v) is 0.346. The van der Waals surface area contributed by atoms with Crippen LogP contribution in [0.25, 0.3) is 0 Å². The summed E-state index contributed by atoms with van der Waals surface area (Å²) in [7, 11) is 0. The normalized spacial score (nSPS) is 11.9. The molecule has 0 saturated carbocycles. The predicted octanol–water partition coefficient (Wildman–Crippen LogP) is 1.64. The first-order valence-corrected chi connectivity index (χ1v) is 2.75. The quantitative estimate of drug-likeness (QED) is 0.519. The summed E-state index contributed by atoms with van der Waals surface area (Å²) in [4.78, 5) is 19.8. The van der Waals surface area contributed by atoms with E-state index in [2.05, 4.69) is 0 Å². The Bertz CT molecular complexity index is 205. The largest absolute Gasteiger partial charge is 0.450 e. The van der Waals surface area contributed by atoms with Gasteiger partial charge in [0, 0.05) is 21.1 Å². The van der Waals surface area contributed by atoms with Gasteiger partial charge in [0.1, 0.15) is 0 Å². The molecule has 0 atom stereocenters. The Balaban J connectivity index is 0. The SMILES string of the molecule is O=C(CC(=O)C(F)(F)F)C(F)(F)F.[Pt]. The van der Waals surface area contributed by atoms with Crippen LogP contribution in [0.4, 0.5) is 26.3 Å². The molecule has 86 valence electrons. The van der Waals surface area contributed by atoms with Gasteiger partial charge in [-0.15, -0.1) is 0 Å². The molecule has 0 radical (unpaired) electrons. The Morgan fingerprint density at radius 1 is 0.786 bits per heavy atom. The van der Waals surface area contributed by atoms with E-state index in [0.29, 0.717) is 0 Å². The minimum atomic E-state index is -5.40. The number of alkyl halides is 6. The number of hydrogen-bond donors (Lipinski definition) is 0. The molecule has 0 aromatic rings. The van der Waals surface area contributed by atoms with E-state index >= 15 is 0 Å². The van der Waals surface area contributed by atoms with Crippen LogP contribution in [0.1, 0.15) is 6.42 Å². The summed E-state index contributed by atoms with van der Waals surface area (Å²) in [5, 5.41) is 0. The maximum absolute atomic E-state index is 11.3. The van der Waals surface area contributed by atoms with Crippen LogP contribution < -0.4 is 0 Å². The second-order valence-corrected chi connectivity index (χ2v) is 2.02. The van der Waals surface area contributed by atoms with E-state index in [4.69, 9.17) is 0 Å². The first-order valence-electron chi connectivity index (χ1n) is 2.75. The fourth-order valence-electron chi connectivity index (χ4n) is 0.346. The van der Waals surface area contributed by atoms with Gasteiger partial charge in [0.25, 0.3) is 0 Å². The molecular formula is C5H2F6O2Pt. The molecule has 0 aliphatic heterocycles. The van der Waals surface area contributed by atoms with Gasteiger partial charge in [-0.25, -0.2) is 0 Å². The van der Waals surface area contributed by atoms with Crippen molar-refractivity contribution in [1.82, 2.24) is 0 Å². The summed E-state index contributed by atoms with van der Waals surface area (Å²) in [5.74, 6) is -5.40. The van der Waals surface area contributed by atoms with Gasteiger partial charge in [-0.1, -0.05) is 0 Å². The van der Waals surface area contributed by atoms with Crippen LogP contribution in [0, 0.1) is 0 Å². The fraction of sp³-hybridized carbons (Fsp3) is 0.600. The number of ketones is 2. The molecular weight excluding hydrogens is 401 g/mol. The Morgan fingerprint density at radius 3 is 1.14 bits per heavy atom. The molecule has 0 saturated heterocycles. The summed E-state index contributed by atoms with van der Waals surface area (Å²) in [6.45, 7) is 0. The van der Waals surface area contributed by atoms with Gasteiger partial charge in [-0.05, 0) is 0 Å². The number of hydrogen-bond acceptors (Lipinski definition) is 2. The van der Waals surface area contributed by atoms with E-state index in [1.807, 2.05) is 0 Å². The van der Waals surface area contributed by atoms with E-state index in [9.17, 15) is 35.9 Å². The zero-order chi connectivity index (χ0) is 10.9. The van der Waals surface area contributed by atoms with Crippen molar-refractivity contribution in [3.05, 3.63) is 0 Å². The average Bonchev–Trinajstić information content (AvgIpc) is 1.82. The Morgan fingerprint density at radius 2 is 1.00 bits per heavy atom. The van der Waals surface area contributed by atoms with Crippen molar-refractivity contribution in [3.63, 3.8) is 0 Å². The third kappa shape index (κ3) is 5.36. The minimum absolute atomic E-state index is 0. The molecule has 0 aromatic heterocycles. The first kappa shape index (κ1) is 16.1. The van der Waals surface area contributed by atoms with Crippen LogP contribution in [0.3, 0.4) is 0 Å². The molecule has 0 heterocycles. The molecule has 14 heavy (non-hydrogen) atoms. The van der Waals surface area contributed by atoms with Crippen molar-refractivity contribution >= 4 is 11.6 Å². The molecule has 9 heteroatoms. The number of carbonyl (C=O) groups excluding carboxylic acids is 2. The number of rotatable bonds is 2. The molecule has 0 rings (SSSR count). The van der Waals surface area contributed by atoms with E-state index in [1.165, 1.54) is 0 Å². The Kier molecular flexibility index (Phi) is 5.63. The van der Waals surface area contributed by atoms with Crippen LogP contribution in [0.15, 0.2) is 0 Å². The minimum Gasteiger partial charge on any atom is -0.289 e. The van der Waals surface area contributed by atoms with Crippen LogP contribution in [0.5, 0.6) is 0 Å². The van der Waals surface area contributed by atoms with Crippen molar-refractivity contribution in [1.29, 1.82) is 0 Å². The summed E-state index contributed by atoms with van der Waals surface area (Å²) < 4.78 is 68.0. The second-order valence-electron chi connectivity index (χ2n) is 2.02. The van der Waals surface area contributed by atoms with Gasteiger partial charge in [0.2, 0.25) is 11.6 Å². The van der Waals surface area contributed by atoms with Gasteiger partial charge in [0.05, 0.1) is 6.42 Å². The number of halogens is 6. The van der Waals surface area contributed by atoms with E-state index < -0.39 is 30.3 Å². The van der Waals surface area contributed by atoms with Crippen molar-refractivity contribution in [2.45, 2.75) is 18.8 Å². The summed E-state index contributed by atoms with van der Waals surface area (Å²) in [5.41, 5.74) is 0. The van der Waals surface area contributed by atoms with Gasteiger partial charge < -0.3 is 0 Å². The summed E-state index contributed by atoms with van der Waals surface area (Å²) >= 11 is 0. The molecule has 0 unspecified atom stereocenters. The van der Waals surface area contributed by atoms with E-state index in [-0.39, 0.29) is 21.1 Å². The monoisotopic (exact) mass is 403 g/mol. The third-order valence-corrected chi connectivity index (χ3v) is 0.953. The second kappa shape index (κ2) is 4.91. The molecule has 2 nitrogen and oxygen atoms in total. The molecule has 0 spiro atoms. The zero-order valence-electron chi connectivity index (χ0n) is 6.11. The van der Waals surface area contributed by atoms with Gasteiger partial charge >= 0.3 is 12.4 Å². The predicted molar refractivity (Wildman–Crippen MR) is 26.7 cm³/mol. The molecule has 0 amide bonds. The van der Waals surface area contributed by atoms with Gasteiger partial charge in [0.15, 0.2) is 0 Å². The van der Waals surface area contributed by atoms with Crippen molar-refractivity contribution in [2.75, 3.05) is 0 Å². The Hall–Kier alpha value is -0.392. The zero-order valence-corrected chi connectivity index (χ0v) is 8.38. The van der Waals surface area contributed by atoms with Crippen LogP contribution in [-0.2, 0) is 30.7 Å². The van der Waals surface area contributed by atoms with Crippen LogP contribution in [0.2, 0.25) is 0 Å². The topological polar surface area (TPSA) is 34.1 Å². The van der Waals surface area contributed by atoms with Gasteiger partial charge in [-0.3, -0.25) is 9.59 Å². The Labute approximate surface area is 87.9 Å². The van der Waals surface area contributed by atoms with Crippen molar-refractivity contribution < 1.29 is 57.0 Å². The smallest absolute Gasteiger partial charge is 0.289 e. The summed E-state index contributed by atoms with van der Waals surface area (Å²) in [6, 6.07) is 0. The molecule has 0 aliphatic carbocycles. The maximum Gasteiger partial charge on any atom is 0.450 e.